The van der Waals surface area contributed by atoms with E-state index in [-0.39, 0.29) is 0 Å². The van der Waals surface area contributed by atoms with E-state index in [4.69, 9.17) is 0 Å². The van der Waals surface area contributed by atoms with Crippen LogP contribution < -0.4 is 5.32 Å². The highest BCUT2D eigenvalue weighted by atomic mass is 15.2. The number of nitrogens with zero attached hydrogens (tertiary/aromatic N) is 1. The van der Waals surface area contributed by atoms with Gasteiger partial charge < -0.3 is 5.32 Å². The largest absolute Gasteiger partial charge is 0.314 e. The molecule has 2 heteroatoms. The number of likely N-dealkylation sites (tertiary alicyclic amines) is 1. The summed E-state index contributed by atoms with van der Waals surface area (Å²) in [5.74, 6) is 0. The van der Waals surface area contributed by atoms with E-state index in [1.165, 1.54) is 25.0 Å². The summed E-state index contributed by atoms with van der Waals surface area (Å²) in [5, 5.41) is 3.54. The lowest BCUT2D eigenvalue weighted by Crippen LogP contribution is -2.47. The van der Waals surface area contributed by atoms with E-state index in [2.05, 4.69) is 37.6 Å². The number of hydrogen-bond donors (Lipinski definition) is 1. The van der Waals surface area contributed by atoms with Crippen LogP contribution >= 0.6 is 0 Å². The Morgan fingerprint density at radius 2 is 2.29 bits per heavy atom. The van der Waals surface area contributed by atoms with Gasteiger partial charge in [0.1, 0.15) is 0 Å². The van der Waals surface area contributed by atoms with Crippen LogP contribution in [-0.2, 0) is 0 Å². The van der Waals surface area contributed by atoms with Gasteiger partial charge in [-0.15, -0.1) is 0 Å². The quantitative estimate of drug-likeness (QED) is 0.692. The fraction of sp³-hybridized carbons (Fsp3) is 0.833. The van der Waals surface area contributed by atoms with Gasteiger partial charge in [0.05, 0.1) is 0 Å². The summed E-state index contributed by atoms with van der Waals surface area (Å²) in [4.78, 5) is 2.54. The molecular weight excluding hydrogens is 172 g/mol. The number of hydrogen-bond acceptors (Lipinski definition) is 2. The standard InChI is InChI=1S/C12H24N2/c1-5-13-12-6-7-14(9-10(2)3)11(4)8-12/h11-13H,2,5-9H2,1,3-4H3. The first-order chi connectivity index (χ1) is 6.63. The van der Waals surface area contributed by atoms with Crippen LogP contribution in [0.15, 0.2) is 12.2 Å². The van der Waals surface area contributed by atoms with Crippen LogP contribution in [0.1, 0.15) is 33.6 Å². The van der Waals surface area contributed by atoms with Gasteiger partial charge in [-0.05, 0) is 33.2 Å². The minimum atomic E-state index is 0.699. The zero-order valence-electron chi connectivity index (χ0n) is 9.84. The SMILES string of the molecule is C=C(C)CN1CCC(NCC)CC1C. The summed E-state index contributed by atoms with van der Waals surface area (Å²) in [6.45, 7) is 14.0. The average molecular weight is 196 g/mol. The maximum Gasteiger partial charge on any atom is 0.0190 e. The highest BCUT2D eigenvalue weighted by Crippen LogP contribution is 2.17. The molecule has 1 saturated heterocycles. The molecule has 0 aromatic carbocycles. The zero-order valence-corrected chi connectivity index (χ0v) is 9.84. The smallest absolute Gasteiger partial charge is 0.0190 e. The van der Waals surface area contributed by atoms with Gasteiger partial charge in [0.15, 0.2) is 0 Å². The molecule has 0 amide bonds. The number of nitrogens with one attached hydrogen (secondary N) is 1. The van der Waals surface area contributed by atoms with Crippen molar-refractivity contribution in [3.63, 3.8) is 0 Å². The van der Waals surface area contributed by atoms with Gasteiger partial charge in [-0.25, -0.2) is 0 Å². The number of rotatable bonds is 4. The summed E-state index contributed by atoms with van der Waals surface area (Å²) >= 11 is 0. The minimum Gasteiger partial charge on any atom is -0.314 e. The van der Waals surface area contributed by atoms with Crippen molar-refractivity contribution in [1.29, 1.82) is 0 Å². The Bertz CT molecular complexity index is 189. The molecule has 2 nitrogen and oxygen atoms in total. The van der Waals surface area contributed by atoms with Gasteiger partial charge in [0.25, 0.3) is 0 Å². The van der Waals surface area contributed by atoms with Crippen LogP contribution in [0.3, 0.4) is 0 Å². The summed E-state index contributed by atoms with van der Waals surface area (Å²) < 4.78 is 0. The Labute approximate surface area is 88.4 Å². The molecule has 1 fully saturated rings. The third-order valence-electron chi connectivity index (χ3n) is 2.98. The molecule has 0 radical (unpaired) electrons. The Kier molecular flexibility index (Phi) is 4.63. The van der Waals surface area contributed by atoms with E-state index in [1.807, 2.05) is 0 Å². The van der Waals surface area contributed by atoms with Crippen LogP contribution in [0.25, 0.3) is 0 Å². The fourth-order valence-electron chi connectivity index (χ4n) is 2.28. The monoisotopic (exact) mass is 196 g/mol. The molecule has 1 heterocycles. The average Bonchev–Trinajstić information content (AvgIpc) is 2.10. The first-order valence-corrected chi connectivity index (χ1v) is 5.75. The summed E-state index contributed by atoms with van der Waals surface area (Å²) in [6.07, 6.45) is 2.56. The van der Waals surface area contributed by atoms with Crippen molar-refractivity contribution in [2.45, 2.75) is 45.7 Å². The highest BCUT2D eigenvalue weighted by molar-refractivity contribution is 4.95. The molecule has 0 aromatic rings. The Morgan fingerprint density at radius 3 is 2.79 bits per heavy atom. The first-order valence-electron chi connectivity index (χ1n) is 5.75. The summed E-state index contributed by atoms with van der Waals surface area (Å²) in [6, 6.07) is 1.43. The summed E-state index contributed by atoms with van der Waals surface area (Å²) in [5.41, 5.74) is 1.28. The van der Waals surface area contributed by atoms with Crippen LogP contribution in [0.4, 0.5) is 0 Å². The molecular formula is C12H24N2. The van der Waals surface area contributed by atoms with Crippen molar-refractivity contribution in [2.75, 3.05) is 19.6 Å². The van der Waals surface area contributed by atoms with Gasteiger partial charge >= 0.3 is 0 Å². The molecule has 2 atom stereocenters. The van der Waals surface area contributed by atoms with Crippen molar-refractivity contribution in [3.05, 3.63) is 12.2 Å². The predicted octanol–water partition coefficient (Wildman–Crippen LogP) is 2.02. The lowest BCUT2D eigenvalue weighted by molar-refractivity contribution is 0.148. The maximum atomic E-state index is 3.98. The van der Waals surface area contributed by atoms with E-state index >= 15 is 0 Å². The molecule has 0 bridgehead atoms. The topological polar surface area (TPSA) is 15.3 Å². The molecule has 1 aliphatic rings. The van der Waals surface area contributed by atoms with Gasteiger partial charge in [-0.1, -0.05) is 19.1 Å². The molecule has 1 rings (SSSR count). The molecule has 0 spiro atoms. The van der Waals surface area contributed by atoms with E-state index in [0.29, 0.717) is 6.04 Å². The second kappa shape index (κ2) is 5.52. The molecule has 14 heavy (non-hydrogen) atoms. The van der Waals surface area contributed by atoms with Crippen molar-refractivity contribution in [3.8, 4) is 0 Å². The van der Waals surface area contributed by atoms with Gasteiger partial charge in [0, 0.05) is 25.2 Å². The van der Waals surface area contributed by atoms with E-state index < -0.39 is 0 Å². The maximum absolute atomic E-state index is 3.98. The lowest BCUT2D eigenvalue weighted by Gasteiger charge is -2.38. The van der Waals surface area contributed by atoms with Crippen LogP contribution in [0.2, 0.25) is 0 Å². The van der Waals surface area contributed by atoms with E-state index in [9.17, 15) is 0 Å². The second-order valence-corrected chi connectivity index (χ2v) is 4.56. The molecule has 0 aromatic heterocycles. The van der Waals surface area contributed by atoms with Gasteiger partial charge in [-0.3, -0.25) is 4.90 Å². The van der Waals surface area contributed by atoms with Crippen molar-refractivity contribution >= 4 is 0 Å². The molecule has 0 saturated carbocycles. The minimum absolute atomic E-state index is 0.699. The summed E-state index contributed by atoms with van der Waals surface area (Å²) in [7, 11) is 0. The molecule has 82 valence electrons. The molecule has 1 aliphatic heterocycles. The molecule has 2 unspecified atom stereocenters. The Morgan fingerprint density at radius 1 is 1.57 bits per heavy atom. The van der Waals surface area contributed by atoms with Crippen LogP contribution in [0.5, 0.6) is 0 Å². The number of piperidine rings is 1. The van der Waals surface area contributed by atoms with E-state index in [1.54, 1.807) is 0 Å². The lowest BCUT2D eigenvalue weighted by atomic mass is 9.98. The first kappa shape index (κ1) is 11.7. The fourth-order valence-corrected chi connectivity index (χ4v) is 2.28. The second-order valence-electron chi connectivity index (χ2n) is 4.56. The molecule has 1 N–H and O–H groups in total. The van der Waals surface area contributed by atoms with E-state index in [0.717, 1.165) is 19.1 Å². The van der Waals surface area contributed by atoms with Gasteiger partial charge in [0.2, 0.25) is 0 Å². The third kappa shape index (κ3) is 3.43. The van der Waals surface area contributed by atoms with Crippen LogP contribution in [-0.4, -0.2) is 36.6 Å². The highest BCUT2D eigenvalue weighted by Gasteiger charge is 2.24. The van der Waals surface area contributed by atoms with Gasteiger partial charge in [-0.2, -0.15) is 0 Å². The van der Waals surface area contributed by atoms with Crippen molar-refractivity contribution < 1.29 is 0 Å². The van der Waals surface area contributed by atoms with Crippen molar-refractivity contribution in [2.24, 2.45) is 0 Å². The third-order valence-corrected chi connectivity index (χ3v) is 2.98. The normalized spacial score (nSPS) is 29.1. The van der Waals surface area contributed by atoms with Crippen molar-refractivity contribution in [1.82, 2.24) is 10.2 Å². The van der Waals surface area contributed by atoms with Crippen LogP contribution in [0, 0.1) is 0 Å². The zero-order chi connectivity index (χ0) is 10.6. The Balaban J connectivity index is 2.35. The predicted molar refractivity (Wildman–Crippen MR) is 62.5 cm³/mol. The molecule has 0 aliphatic carbocycles. The Hall–Kier alpha value is -0.340.